The lowest BCUT2D eigenvalue weighted by atomic mass is 10.4. The van der Waals surface area contributed by atoms with Crippen LogP contribution in [0, 0.1) is 0 Å². The molecule has 0 aliphatic heterocycles. The SMILES string of the molecule is [2H]/C=C/C(=C)C. The molecule has 0 bridgehead atoms. The average molecular weight is 69.1 g/mol. The van der Waals surface area contributed by atoms with Gasteiger partial charge in [0.05, 0.1) is 1.37 Å². The third-order valence-electron chi connectivity index (χ3n) is 0.285. The maximum absolute atomic E-state index is 6.49. The zero-order valence-corrected chi connectivity index (χ0v) is 3.36. The zero-order valence-electron chi connectivity index (χ0n) is 4.36. The lowest BCUT2D eigenvalue weighted by molar-refractivity contribution is 1.58. The van der Waals surface area contributed by atoms with E-state index in [0.29, 0.717) is 0 Å². The standard InChI is InChI=1S/C5H8/c1-4-5(2)3/h4H,1-2H2,3H3/i1D/b4-1+. The molecular weight excluding hydrogens is 60.1 g/mol. The van der Waals surface area contributed by atoms with Gasteiger partial charge in [0.25, 0.3) is 0 Å². The van der Waals surface area contributed by atoms with Crippen LogP contribution in [0.3, 0.4) is 0 Å². The molecule has 0 N–H and O–H groups in total. The van der Waals surface area contributed by atoms with Gasteiger partial charge in [0, 0.05) is 0 Å². The van der Waals surface area contributed by atoms with Crippen molar-refractivity contribution in [1.82, 2.24) is 0 Å². The molecule has 0 spiro atoms. The topological polar surface area (TPSA) is 0 Å². The van der Waals surface area contributed by atoms with Gasteiger partial charge in [-0.2, -0.15) is 0 Å². The highest BCUT2D eigenvalue weighted by Gasteiger charge is 1.59. The first-order chi connectivity index (χ1) is 2.77. The van der Waals surface area contributed by atoms with E-state index in [9.17, 15) is 0 Å². The van der Waals surface area contributed by atoms with Crippen molar-refractivity contribution in [2.75, 3.05) is 0 Å². The Bertz CT molecular complexity index is 72.0. The Morgan fingerprint density at radius 1 is 2.20 bits per heavy atom. The van der Waals surface area contributed by atoms with Crippen LogP contribution in [-0.2, 0) is 0 Å². The van der Waals surface area contributed by atoms with Gasteiger partial charge < -0.3 is 0 Å². The molecule has 0 radical (unpaired) electrons. The van der Waals surface area contributed by atoms with Crippen LogP contribution < -0.4 is 0 Å². The molecule has 0 heteroatoms. The molecule has 0 atom stereocenters. The van der Waals surface area contributed by atoms with Crippen LogP contribution in [0.5, 0.6) is 0 Å². The van der Waals surface area contributed by atoms with Gasteiger partial charge in [-0.15, -0.1) is 0 Å². The maximum Gasteiger partial charge on any atom is 0.0538 e. The molecule has 0 aliphatic rings. The monoisotopic (exact) mass is 69.1 g/mol. The number of rotatable bonds is 1. The molecule has 0 saturated carbocycles. The van der Waals surface area contributed by atoms with Crippen LogP contribution in [-0.4, -0.2) is 0 Å². The van der Waals surface area contributed by atoms with E-state index >= 15 is 0 Å². The summed E-state index contributed by atoms with van der Waals surface area (Å²) in [5, 5.41) is 0. The molecule has 0 unspecified atom stereocenters. The Morgan fingerprint density at radius 3 is 2.80 bits per heavy atom. The first kappa shape index (κ1) is 2.70. The second-order valence-corrected chi connectivity index (χ2v) is 1.01. The Kier molecular flexibility index (Phi) is 0.956. The minimum Gasteiger partial charge on any atom is -0.0988 e. The summed E-state index contributed by atoms with van der Waals surface area (Å²) in [6, 6.07) is 0. The lowest BCUT2D eigenvalue weighted by Crippen LogP contribution is -1.50. The second kappa shape index (κ2) is 1.77. The van der Waals surface area contributed by atoms with E-state index in [1.54, 1.807) is 6.08 Å². The molecule has 0 heterocycles. The summed E-state index contributed by atoms with van der Waals surface area (Å²) in [6.07, 6.45) is 1.64. The van der Waals surface area contributed by atoms with Crippen LogP contribution in [0.2, 0.25) is 0 Å². The molecule has 0 aliphatic carbocycles. The van der Waals surface area contributed by atoms with E-state index < -0.39 is 0 Å². The molecule has 0 saturated heterocycles. The van der Waals surface area contributed by atoms with E-state index in [1.165, 1.54) is 6.55 Å². The highest BCUT2D eigenvalue weighted by atomic mass is 13.7. The van der Waals surface area contributed by atoms with Crippen molar-refractivity contribution in [3.8, 4) is 0 Å². The summed E-state index contributed by atoms with van der Waals surface area (Å²) in [7, 11) is 0. The van der Waals surface area contributed by atoms with Gasteiger partial charge in [-0.1, -0.05) is 24.8 Å². The Labute approximate surface area is 34.2 Å². The molecule has 0 amide bonds. The van der Waals surface area contributed by atoms with Crippen LogP contribution in [0.4, 0.5) is 0 Å². The predicted octanol–water partition coefficient (Wildman–Crippen LogP) is 1.75. The van der Waals surface area contributed by atoms with E-state index in [-0.39, 0.29) is 0 Å². The van der Waals surface area contributed by atoms with Crippen molar-refractivity contribution in [2.24, 2.45) is 0 Å². The molecule has 0 nitrogen and oxygen atoms in total. The summed E-state index contributed by atoms with van der Waals surface area (Å²) in [5.74, 6) is 0. The second-order valence-electron chi connectivity index (χ2n) is 1.01. The van der Waals surface area contributed by atoms with Gasteiger partial charge in [-0.25, -0.2) is 0 Å². The third-order valence-corrected chi connectivity index (χ3v) is 0.285. The fraction of sp³-hybridized carbons (Fsp3) is 0.200. The molecule has 5 heavy (non-hydrogen) atoms. The van der Waals surface area contributed by atoms with Crippen molar-refractivity contribution < 1.29 is 1.37 Å². The minimum atomic E-state index is 0.921. The predicted molar refractivity (Wildman–Crippen MR) is 25.0 cm³/mol. The highest BCUT2D eigenvalue weighted by Crippen LogP contribution is 1.81. The highest BCUT2D eigenvalue weighted by molar-refractivity contribution is 5.05. The fourth-order valence-electron chi connectivity index (χ4n) is 0. The first-order valence-corrected chi connectivity index (χ1v) is 1.48. The van der Waals surface area contributed by atoms with Gasteiger partial charge in [-0.3, -0.25) is 0 Å². The Morgan fingerprint density at radius 2 is 2.80 bits per heavy atom. The normalized spacial score (nSPS) is 11.8. The molecule has 0 fully saturated rings. The van der Waals surface area contributed by atoms with Crippen molar-refractivity contribution >= 4 is 0 Å². The third kappa shape index (κ3) is 3.48. The summed E-state index contributed by atoms with van der Waals surface area (Å²) < 4.78 is 6.49. The molecule has 0 rings (SSSR count). The largest absolute Gasteiger partial charge is 0.0988 e. The van der Waals surface area contributed by atoms with Gasteiger partial charge in [-0.05, 0) is 6.92 Å². The smallest absolute Gasteiger partial charge is 0.0538 e. The minimum absolute atomic E-state index is 0.921. The summed E-state index contributed by atoms with van der Waals surface area (Å²) in [5.41, 5.74) is 0.921. The van der Waals surface area contributed by atoms with Gasteiger partial charge in [0.2, 0.25) is 0 Å². The molecule has 0 aromatic carbocycles. The quantitative estimate of drug-likeness (QED) is 0.411. The molecule has 0 aromatic heterocycles. The summed E-state index contributed by atoms with van der Waals surface area (Å²) in [6.45, 7) is 6.61. The molecular formula is C5H8. The number of hydrogen-bond acceptors (Lipinski definition) is 0. The Balaban J connectivity index is 3.30. The zero-order chi connectivity index (χ0) is 4.99. The molecule has 0 aromatic rings. The number of allylic oxidation sites excluding steroid dienone is 2. The van der Waals surface area contributed by atoms with Gasteiger partial charge in [0.15, 0.2) is 0 Å². The van der Waals surface area contributed by atoms with Crippen LogP contribution in [0.1, 0.15) is 8.29 Å². The van der Waals surface area contributed by atoms with E-state index in [2.05, 4.69) is 6.58 Å². The average Bonchev–Trinajstić information content (AvgIpc) is 1.35. The molecule has 28 valence electrons. The summed E-state index contributed by atoms with van der Waals surface area (Å²) in [4.78, 5) is 0. The first-order valence-electron chi connectivity index (χ1n) is 2.05. The van der Waals surface area contributed by atoms with Crippen molar-refractivity contribution in [1.29, 1.82) is 0 Å². The van der Waals surface area contributed by atoms with E-state index in [0.717, 1.165) is 5.57 Å². The lowest BCUT2D eigenvalue weighted by Gasteiger charge is -1.71. The maximum atomic E-state index is 6.49. The van der Waals surface area contributed by atoms with Crippen LogP contribution in [0.25, 0.3) is 0 Å². The van der Waals surface area contributed by atoms with Crippen LogP contribution >= 0.6 is 0 Å². The van der Waals surface area contributed by atoms with Crippen molar-refractivity contribution in [3.63, 3.8) is 0 Å². The van der Waals surface area contributed by atoms with Crippen LogP contribution in [0.15, 0.2) is 24.8 Å². The van der Waals surface area contributed by atoms with Crippen molar-refractivity contribution in [2.45, 2.75) is 6.92 Å². The Hall–Kier alpha value is -0.520. The number of hydrogen-bond donors (Lipinski definition) is 0. The fourth-order valence-corrected chi connectivity index (χ4v) is 0. The van der Waals surface area contributed by atoms with E-state index in [4.69, 9.17) is 1.37 Å². The summed E-state index contributed by atoms with van der Waals surface area (Å²) >= 11 is 0. The van der Waals surface area contributed by atoms with E-state index in [1.807, 2.05) is 6.92 Å². The van der Waals surface area contributed by atoms with Gasteiger partial charge in [0.1, 0.15) is 0 Å². The van der Waals surface area contributed by atoms with Gasteiger partial charge >= 0.3 is 0 Å². The van der Waals surface area contributed by atoms with Crippen molar-refractivity contribution in [3.05, 3.63) is 24.8 Å².